The van der Waals surface area contributed by atoms with Crippen LogP contribution in [0.4, 0.5) is 0 Å². The molecule has 2 rings (SSSR count). The summed E-state index contributed by atoms with van der Waals surface area (Å²) < 4.78 is 0. The van der Waals surface area contributed by atoms with Crippen LogP contribution in [0.25, 0.3) is 0 Å². The molecule has 0 aliphatic heterocycles. The minimum absolute atomic E-state index is 0.484. The van der Waals surface area contributed by atoms with Crippen LogP contribution in [0.3, 0.4) is 0 Å². The molecule has 1 N–H and O–H groups in total. The second-order valence-corrected chi connectivity index (χ2v) is 5.93. The van der Waals surface area contributed by atoms with Crippen LogP contribution in [-0.4, -0.2) is 37.1 Å². The molecule has 2 aliphatic rings. The Morgan fingerprint density at radius 1 is 1.33 bits per heavy atom. The van der Waals surface area contributed by atoms with Gasteiger partial charge in [0.15, 0.2) is 0 Å². The molecule has 1 unspecified atom stereocenters. The largest absolute Gasteiger partial charge is 0.312 e. The Bertz CT molecular complexity index is 205. The Labute approximate surface area is 94.4 Å². The first kappa shape index (κ1) is 11.4. The lowest BCUT2D eigenvalue weighted by molar-refractivity contribution is 0.0572. The molecule has 2 fully saturated rings. The van der Waals surface area contributed by atoms with Crippen molar-refractivity contribution in [2.75, 3.05) is 20.6 Å². The Kier molecular flexibility index (Phi) is 3.36. The first-order valence-corrected chi connectivity index (χ1v) is 6.53. The molecule has 0 bridgehead atoms. The zero-order valence-corrected chi connectivity index (χ0v) is 10.6. The highest BCUT2D eigenvalue weighted by molar-refractivity contribution is 4.98. The second-order valence-electron chi connectivity index (χ2n) is 5.93. The molecule has 0 spiro atoms. The molecule has 0 aromatic rings. The summed E-state index contributed by atoms with van der Waals surface area (Å²) in [5.74, 6) is 1.05. The van der Waals surface area contributed by atoms with E-state index in [0.29, 0.717) is 5.54 Å². The third kappa shape index (κ3) is 2.73. The summed E-state index contributed by atoms with van der Waals surface area (Å²) in [4.78, 5) is 2.42. The second kappa shape index (κ2) is 4.42. The van der Waals surface area contributed by atoms with E-state index in [4.69, 9.17) is 0 Å². The third-order valence-electron chi connectivity index (χ3n) is 4.40. The van der Waals surface area contributed by atoms with Crippen molar-refractivity contribution in [1.82, 2.24) is 10.2 Å². The first-order valence-electron chi connectivity index (χ1n) is 6.53. The summed E-state index contributed by atoms with van der Waals surface area (Å²) in [6.45, 7) is 3.54. The molecule has 2 saturated carbocycles. The molecule has 0 radical (unpaired) electrons. The number of rotatable bonds is 6. The summed E-state index contributed by atoms with van der Waals surface area (Å²) >= 11 is 0. The monoisotopic (exact) mass is 210 g/mol. The quantitative estimate of drug-likeness (QED) is 0.723. The van der Waals surface area contributed by atoms with E-state index in [1.807, 2.05) is 0 Å². The first-order chi connectivity index (χ1) is 7.12. The molecule has 2 heteroatoms. The molecule has 2 nitrogen and oxygen atoms in total. The van der Waals surface area contributed by atoms with Gasteiger partial charge in [-0.25, -0.2) is 0 Å². The maximum absolute atomic E-state index is 3.74. The van der Waals surface area contributed by atoms with Crippen molar-refractivity contribution in [3.8, 4) is 0 Å². The standard InChI is InChI=1S/C13H26N2/c1-11(9-12-5-6-12)14-10-13(15(2)3)7-4-8-13/h11-12,14H,4-10H2,1-3H3. The van der Waals surface area contributed by atoms with Gasteiger partial charge in [0.05, 0.1) is 0 Å². The van der Waals surface area contributed by atoms with Gasteiger partial charge in [-0.3, -0.25) is 0 Å². The van der Waals surface area contributed by atoms with E-state index in [1.54, 1.807) is 0 Å². The molecule has 0 aromatic carbocycles. The van der Waals surface area contributed by atoms with Crippen molar-refractivity contribution in [2.24, 2.45) is 5.92 Å². The van der Waals surface area contributed by atoms with Gasteiger partial charge in [0.25, 0.3) is 0 Å². The Morgan fingerprint density at radius 2 is 2.00 bits per heavy atom. The summed E-state index contributed by atoms with van der Waals surface area (Å²) in [6, 6.07) is 0.718. The van der Waals surface area contributed by atoms with Crippen LogP contribution in [0, 0.1) is 5.92 Å². The van der Waals surface area contributed by atoms with Gasteiger partial charge in [0.2, 0.25) is 0 Å². The maximum atomic E-state index is 3.74. The molecule has 1 atom stereocenters. The zero-order chi connectivity index (χ0) is 10.9. The van der Waals surface area contributed by atoms with Gasteiger partial charge < -0.3 is 10.2 Å². The van der Waals surface area contributed by atoms with Gasteiger partial charge in [-0.15, -0.1) is 0 Å². The molecule has 2 aliphatic carbocycles. The summed E-state index contributed by atoms with van der Waals surface area (Å²) in [7, 11) is 4.46. The maximum Gasteiger partial charge on any atom is 0.0328 e. The summed E-state index contributed by atoms with van der Waals surface area (Å²) in [5, 5.41) is 3.74. The van der Waals surface area contributed by atoms with Crippen LogP contribution in [-0.2, 0) is 0 Å². The molecule has 15 heavy (non-hydrogen) atoms. The normalized spacial score (nSPS) is 26.4. The van der Waals surface area contributed by atoms with Crippen molar-refractivity contribution < 1.29 is 0 Å². The van der Waals surface area contributed by atoms with E-state index in [9.17, 15) is 0 Å². The number of hydrogen-bond donors (Lipinski definition) is 1. The van der Waals surface area contributed by atoms with E-state index >= 15 is 0 Å². The zero-order valence-electron chi connectivity index (χ0n) is 10.6. The van der Waals surface area contributed by atoms with Crippen molar-refractivity contribution in [1.29, 1.82) is 0 Å². The summed E-state index contributed by atoms with van der Waals surface area (Å²) in [5.41, 5.74) is 0.484. The van der Waals surface area contributed by atoms with E-state index in [2.05, 4.69) is 31.2 Å². The number of nitrogens with one attached hydrogen (secondary N) is 1. The molecule has 88 valence electrons. The highest BCUT2D eigenvalue weighted by atomic mass is 15.2. The Balaban J connectivity index is 1.70. The van der Waals surface area contributed by atoms with E-state index in [0.717, 1.165) is 12.0 Å². The Morgan fingerprint density at radius 3 is 2.40 bits per heavy atom. The van der Waals surface area contributed by atoms with Crippen LogP contribution in [0.15, 0.2) is 0 Å². The van der Waals surface area contributed by atoms with Crippen LogP contribution in [0.2, 0.25) is 0 Å². The molecule has 0 saturated heterocycles. The van der Waals surface area contributed by atoms with Crippen LogP contribution in [0.1, 0.15) is 45.4 Å². The minimum atomic E-state index is 0.484. The molecule has 0 amide bonds. The highest BCUT2D eigenvalue weighted by Crippen LogP contribution is 2.36. The van der Waals surface area contributed by atoms with Gasteiger partial charge in [0, 0.05) is 18.1 Å². The summed E-state index contributed by atoms with van der Waals surface area (Å²) in [6.07, 6.45) is 8.52. The van der Waals surface area contributed by atoms with E-state index in [-0.39, 0.29) is 0 Å². The van der Waals surface area contributed by atoms with E-state index < -0.39 is 0 Å². The number of hydrogen-bond acceptors (Lipinski definition) is 2. The fourth-order valence-corrected chi connectivity index (χ4v) is 2.67. The number of likely N-dealkylation sites (N-methyl/N-ethyl adjacent to an activating group) is 1. The molecular weight excluding hydrogens is 184 g/mol. The lowest BCUT2D eigenvalue weighted by Crippen LogP contribution is -2.57. The molecule has 0 heterocycles. The van der Waals surface area contributed by atoms with Gasteiger partial charge >= 0.3 is 0 Å². The minimum Gasteiger partial charge on any atom is -0.312 e. The molecule has 0 aromatic heterocycles. The predicted molar refractivity (Wildman–Crippen MR) is 65.1 cm³/mol. The van der Waals surface area contributed by atoms with Crippen molar-refractivity contribution >= 4 is 0 Å². The van der Waals surface area contributed by atoms with Gasteiger partial charge in [0.1, 0.15) is 0 Å². The van der Waals surface area contributed by atoms with Gasteiger partial charge in [-0.2, -0.15) is 0 Å². The van der Waals surface area contributed by atoms with Gasteiger partial charge in [-0.05, 0) is 52.6 Å². The topological polar surface area (TPSA) is 15.3 Å². The predicted octanol–water partition coefficient (Wildman–Crippen LogP) is 2.25. The van der Waals surface area contributed by atoms with Gasteiger partial charge in [-0.1, -0.05) is 12.8 Å². The van der Waals surface area contributed by atoms with Crippen molar-refractivity contribution in [3.05, 3.63) is 0 Å². The van der Waals surface area contributed by atoms with Crippen molar-refractivity contribution in [3.63, 3.8) is 0 Å². The Hall–Kier alpha value is -0.0800. The lowest BCUT2D eigenvalue weighted by Gasteiger charge is -2.48. The van der Waals surface area contributed by atoms with Crippen LogP contribution in [0.5, 0.6) is 0 Å². The average molecular weight is 210 g/mol. The third-order valence-corrected chi connectivity index (χ3v) is 4.40. The number of nitrogens with zero attached hydrogens (tertiary/aromatic N) is 1. The fraction of sp³-hybridized carbons (Fsp3) is 1.00. The molecular formula is C13H26N2. The van der Waals surface area contributed by atoms with Crippen LogP contribution >= 0.6 is 0 Å². The van der Waals surface area contributed by atoms with Crippen molar-refractivity contribution in [2.45, 2.75) is 57.0 Å². The fourth-order valence-electron chi connectivity index (χ4n) is 2.67. The lowest BCUT2D eigenvalue weighted by atomic mass is 9.75. The SMILES string of the molecule is CC(CC1CC1)NCC1(N(C)C)CCC1. The highest BCUT2D eigenvalue weighted by Gasteiger charge is 2.39. The van der Waals surface area contributed by atoms with E-state index in [1.165, 1.54) is 45.1 Å². The smallest absolute Gasteiger partial charge is 0.0328 e. The average Bonchev–Trinajstić information content (AvgIpc) is 2.85. The van der Waals surface area contributed by atoms with Crippen LogP contribution < -0.4 is 5.32 Å².